The summed E-state index contributed by atoms with van der Waals surface area (Å²) in [6.45, 7) is 1.79. The van der Waals surface area contributed by atoms with Gasteiger partial charge in [0.05, 0.1) is 6.20 Å². The van der Waals surface area contributed by atoms with E-state index in [0.717, 1.165) is 22.3 Å². The first-order valence-electron chi connectivity index (χ1n) is 5.57. The predicted octanol–water partition coefficient (Wildman–Crippen LogP) is 2.58. The summed E-state index contributed by atoms with van der Waals surface area (Å²) in [4.78, 5) is 10.7. The van der Waals surface area contributed by atoms with Crippen molar-refractivity contribution in [2.24, 2.45) is 7.05 Å². The minimum atomic E-state index is -0.931. The van der Waals surface area contributed by atoms with E-state index in [2.05, 4.69) is 5.10 Å². The van der Waals surface area contributed by atoms with Gasteiger partial charge in [-0.2, -0.15) is 5.10 Å². The maximum atomic E-state index is 10.7. The molecule has 2 aromatic rings. The number of nitrogens with zero attached hydrogens (tertiary/aromatic N) is 2. The fraction of sp³-hybridized carbons (Fsp3) is 0.143. The minimum Gasteiger partial charge on any atom is -0.478 e. The molecule has 4 nitrogen and oxygen atoms in total. The van der Waals surface area contributed by atoms with Crippen LogP contribution in [-0.4, -0.2) is 20.9 Å². The first-order valence-corrected chi connectivity index (χ1v) is 5.57. The Morgan fingerprint density at radius 2 is 2.17 bits per heavy atom. The van der Waals surface area contributed by atoms with Gasteiger partial charge < -0.3 is 5.11 Å². The zero-order valence-corrected chi connectivity index (χ0v) is 10.3. The molecule has 1 N–H and O–H groups in total. The molecule has 0 unspecified atom stereocenters. The molecule has 0 atom stereocenters. The maximum absolute atomic E-state index is 10.7. The smallest absolute Gasteiger partial charge is 0.328 e. The molecule has 0 saturated heterocycles. The molecule has 92 valence electrons. The molecular formula is C14H14N2O2. The van der Waals surface area contributed by atoms with Crippen molar-refractivity contribution >= 4 is 11.5 Å². The van der Waals surface area contributed by atoms with Crippen molar-refractivity contribution in [3.8, 4) is 11.1 Å². The fourth-order valence-corrected chi connectivity index (χ4v) is 1.78. The van der Waals surface area contributed by atoms with Gasteiger partial charge in [0, 0.05) is 24.9 Å². The van der Waals surface area contributed by atoms with Gasteiger partial charge in [0.1, 0.15) is 0 Å². The number of hydrogen-bond acceptors (Lipinski definition) is 2. The molecule has 0 amide bonds. The van der Waals surface area contributed by atoms with Crippen molar-refractivity contribution in [2.45, 2.75) is 6.92 Å². The van der Waals surface area contributed by atoms with Crippen molar-refractivity contribution in [2.75, 3.05) is 0 Å². The van der Waals surface area contributed by atoms with Gasteiger partial charge in [-0.3, -0.25) is 4.68 Å². The molecule has 1 aromatic carbocycles. The van der Waals surface area contributed by atoms with Gasteiger partial charge in [-0.05, 0) is 29.7 Å². The van der Waals surface area contributed by atoms with E-state index in [1.54, 1.807) is 17.8 Å². The van der Waals surface area contributed by atoms with Crippen molar-refractivity contribution in [1.82, 2.24) is 9.78 Å². The highest BCUT2D eigenvalue weighted by molar-refractivity contribution is 5.89. The van der Waals surface area contributed by atoms with Crippen molar-refractivity contribution < 1.29 is 9.90 Å². The average molecular weight is 242 g/mol. The van der Waals surface area contributed by atoms with Gasteiger partial charge in [0.25, 0.3) is 0 Å². The zero-order valence-electron chi connectivity index (χ0n) is 10.3. The normalized spacial score (nSPS) is 11.6. The first-order chi connectivity index (χ1) is 8.56. The van der Waals surface area contributed by atoms with Crippen LogP contribution in [0, 0.1) is 0 Å². The lowest BCUT2D eigenvalue weighted by atomic mass is 10.0. The number of carboxylic acids is 1. The van der Waals surface area contributed by atoms with E-state index in [4.69, 9.17) is 5.11 Å². The van der Waals surface area contributed by atoms with Crippen LogP contribution < -0.4 is 0 Å². The van der Waals surface area contributed by atoms with Gasteiger partial charge in [-0.25, -0.2) is 4.79 Å². The van der Waals surface area contributed by atoms with E-state index in [0.29, 0.717) is 0 Å². The van der Waals surface area contributed by atoms with E-state index < -0.39 is 5.97 Å². The molecule has 2 rings (SSSR count). The van der Waals surface area contributed by atoms with Crippen molar-refractivity contribution in [1.29, 1.82) is 0 Å². The summed E-state index contributed by atoms with van der Waals surface area (Å²) in [5, 5.41) is 12.9. The molecule has 0 aliphatic rings. The third kappa shape index (κ3) is 2.66. The number of aliphatic carboxylic acids is 1. The number of aromatic nitrogens is 2. The van der Waals surface area contributed by atoms with Crippen LogP contribution in [0.2, 0.25) is 0 Å². The summed E-state index contributed by atoms with van der Waals surface area (Å²) < 4.78 is 1.74. The van der Waals surface area contributed by atoms with E-state index in [9.17, 15) is 4.79 Å². The van der Waals surface area contributed by atoms with E-state index in [-0.39, 0.29) is 0 Å². The molecule has 4 heteroatoms. The largest absolute Gasteiger partial charge is 0.478 e. The van der Waals surface area contributed by atoms with Gasteiger partial charge >= 0.3 is 5.97 Å². The number of benzene rings is 1. The van der Waals surface area contributed by atoms with Gasteiger partial charge in [0.15, 0.2) is 0 Å². The fourth-order valence-electron chi connectivity index (χ4n) is 1.78. The summed E-state index contributed by atoms with van der Waals surface area (Å²) in [6, 6.07) is 7.76. The number of allylic oxidation sites excluding steroid dienone is 1. The third-order valence-electron chi connectivity index (χ3n) is 2.70. The van der Waals surface area contributed by atoms with Gasteiger partial charge in [0.2, 0.25) is 0 Å². The number of aryl methyl sites for hydroxylation is 1. The van der Waals surface area contributed by atoms with Crippen LogP contribution in [0.4, 0.5) is 0 Å². The summed E-state index contributed by atoms with van der Waals surface area (Å²) in [5.41, 5.74) is 3.67. The Morgan fingerprint density at radius 1 is 1.39 bits per heavy atom. The SMILES string of the molecule is C/C(=C\C(=O)O)c1cccc(-c2cnn(C)c2)c1. The monoisotopic (exact) mass is 242 g/mol. The maximum Gasteiger partial charge on any atom is 0.328 e. The molecule has 1 heterocycles. The molecule has 1 aromatic heterocycles. The molecule has 0 fully saturated rings. The van der Waals surface area contributed by atoms with Crippen LogP contribution in [0.5, 0.6) is 0 Å². The minimum absolute atomic E-state index is 0.730. The summed E-state index contributed by atoms with van der Waals surface area (Å²) in [7, 11) is 1.86. The molecular weight excluding hydrogens is 228 g/mol. The lowest BCUT2D eigenvalue weighted by Gasteiger charge is -2.03. The quantitative estimate of drug-likeness (QED) is 0.841. The van der Waals surface area contributed by atoms with Gasteiger partial charge in [-0.15, -0.1) is 0 Å². The summed E-state index contributed by atoms with van der Waals surface area (Å²) >= 11 is 0. The molecule has 0 aliphatic heterocycles. The zero-order chi connectivity index (χ0) is 13.1. The second-order valence-electron chi connectivity index (χ2n) is 4.15. The number of carbonyl (C=O) groups is 1. The summed E-state index contributed by atoms with van der Waals surface area (Å²) in [5.74, 6) is -0.931. The standard InChI is InChI=1S/C14H14N2O2/c1-10(6-14(17)18)11-4-3-5-12(7-11)13-8-15-16(2)9-13/h3-9H,1-2H3,(H,17,18)/b10-6+. The van der Waals surface area contributed by atoms with E-state index >= 15 is 0 Å². The second-order valence-corrected chi connectivity index (χ2v) is 4.15. The number of hydrogen-bond donors (Lipinski definition) is 1. The van der Waals surface area contributed by atoms with Crippen LogP contribution in [-0.2, 0) is 11.8 Å². The Hall–Kier alpha value is -2.36. The molecule has 0 saturated carbocycles. The number of carboxylic acid groups (broad SMARTS) is 1. The molecule has 0 spiro atoms. The lowest BCUT2D eigenvalue weighted by Crippen LogP contribution is -1.90. The van der Waals surface area contributed by atoms with Crippen molar-refractivity contribution in [3.63, 3.8) is 0 Å². The van der Waals surface area contributed by atoms with E-state index in [1.165, 1.54) is 6.08 Å². The Balaban J connectivity index is 2.39. The number of rotatable bonds is 3. The third-order valence-corrected chi connectivity index (χ3v) is 2.70. The molecule has 0 radical (unpaired) electrons. The van der Waals surface area contributed by atoms with E-state index in [1.807, 2.05) is 37.5 Å². The van der Waals surface area contributed by atoms with Crippen molar-refractivity contribution in [3.05, 3.63) is 48.3 Å². The highest BCUT2D eigenvalue weighted by Crippen LogP contribution is 2.23. The Bertz CT molecular complexity index is 612. The highest BCUT2D eigenvalue weighted by Gasteiger charge is 2.03. The summed E-state index contributed by atoms with van der Waals surface area (Å²) in [6.07, 6.45) is 4.92. The van der Waals surface area contributed by atoms with Crippen LogP contribution in [0.25, 0.3) is 16.7 Å². The predicted molar refractivity (Wildman–Crippen MR) is 69.9 cm³/mol. The Labute approximate surface area is 105 Å². The molecule has 0 bridgehead atoms. The van der Waals surface area contributed by atoms with Crippen LogP contribution in [0.15, 0.2) is 42.7 Å². The highest BCUT2D eigenvalue weighted by atomic mass is 16.4. The Kier molecular flexibility index (Phi) is 3.28. The molecule has 0 aliphatic carbocycles. The first kappa shape index (κ1) is 12.1. The molecule has 18 heavy (non-hydrogen) atoms. The average Bonchev–Trinajstić information content (AvgIpc) is 2.75. The van der Waals surface area contributed by atoms with Gasteiger partial charge in [-0.1, -0.05) is 18.2 Å². The van der Waals surface area contributed by atoms with Crippen LogP contribution in [0.3, 0.4) is 0 Å². The second kappa shape index (κ2) is 4.87. The van der Waals surface area contributed by atoms with Crippen LogP contribution in [0.1, 0.15) is 12.5 Å². The Morgan fingerprint density at radius 3 is 2.78 bits per heavy atom. The topological polar surface area (TPSA) is 55.1 Å². The lowest BCUT2D eigenvalue weighted by molar-refractivity contribution is -0.131. The van der Waals surface area contributed by atoms with Crippen LogP contribution >= 0.6 is 0 Å².